The minimum Gasteiger partial charge on any atom is -0.461 e. The Morgan fingerprint density at radius 1 is 1.08 bits per heavy atom. The van der Waals surface area contributed by atoms with Crippen LogP contribution in [0.3, 0.4) is 0 Å². The summed E-state index contributed by atoms with van der Waals surface area (Å²) in [6, 6.07) is 9.69. The molecule has 1 N–H and O–H groups in total. The summed E-state index contributed by atoms with van der Waals surface area (Å²) in [4.78, 5) is 12.4. The van der Waals surface area contributed by atoms with E-state index in [4.69, 9.17) is 8.94 Å². The van der Waals surface area contributed by atoms with Gasteiger partial charge < -0.3 is 14.3 Å². The maximum atomic E-state index is 12.4. The topological polar surface area (TPSA) is 109 Å². The van der Waals surface area contributed by atoms with Crippen molar-refractivity contribution in [3.63, 3.8) is 0 Å². The number of aromatic nitrogens is 1. The summed E-state index contributed by atoms with van der Waals surface area (Å²) in [6.07, 6.45) is 1.49. The largest absolute Gasteiger partial charge is 0.461 e. The lowest BCUT2D eigenvalue weighted by Gasteiger charge is -2.13. The number of benzene rings is 1. The average molecular weight is 374 g/mol. The number of hydrogen-bond donors (Lipinski definition) is 1. The summed E-state index contributed by atoms with van der Waals surface area (Å²) in [5.41, 5.74) is 1.53. The number of carbonyl (C=O) groups is 1. The van der Waals surface area contributed by atoms with Gasteiger partial charge in [-0.25, -0.2) is 0 Å². The first-order chi connectivity index (χ1) is 12.4. The van der Waals surface area contributed by atoms with Gasteiger partial charge in [0.15, 0.2) is 11.5 Å². The molecule has 0 saturated heterocycles. The van der Waals surface area contributed by atoms with Gasteiger partial charge in [0.05, 0.1) is 17.6 Å². The highest BCUT2D eigenvalue weighted by atomic mass is 32.2. The molecule has 10 heteroatoms. The Bertz CT molecular complexity index is 1090. The Labute approximate surface area is 149 Å². The Morgan fingerprint density at radius 3 is 2.58 bits per heavy atom. The van der Waals surface area contributed by atoms with Crippen molar-refractivity contribution in [2.75, 3.05) is 28.0 Å². The van der Waals surface area contributed by atoms with Gasteiger partial charge in [-0.15, -0.1) is 0 Å². The van der Waals surface area contributed by atoms with Gasteiger partial charge in [0.1, 0.15) is 0 Å². The van der Waals surface area contributed by atoms with Gasteiger partial charge in [-0.2, -0.15) is 8.42 Å². The second-order valence-electron chi connectivity index (χ2n) is 5.65. The second-order valence-corrected chi connectivity index (χ2v) is 7.65. The van der Waals surface area contributed by atoms with Crippen molar-refractivity contribution < 1.29 is 22.2 Å². The average Bonchev–Trinajstić information content (AvgIpc) is 3.33. The van der Waals surface area contributed by atoms with Crippen LogP contribution < -0.4 is 13.9 Å². The molecule has 1 aliphatic heterocycles. The molecule has 3 heterocycles. The smallest absolute Gasteiger partial charge is 0.326 e. The predicted molar refractivity (Wildman–Crippen MR) is 94.3 cm³/mol. The summed E-state index contributed by atoms with van der Waals surface area (Å²) in [7, 11) is -0.637. The fourth-order valence-corrected chi connectivity index (χ4v) is 3.83. The molecule has 0 unspecified atom stereocenters. The van der Waals surface area contributed by atoms with Crippen molar-refractivity contribution in [2.24, 2.45) is 0 Å². The minimum atomic E-state index is -3.57. The van der Waals surface area contributed by atoms with Crippen molar-refractivity contribution in [1.82, 2.24) is 5.16 Å². The van der Waals surface area contributed by atoms with E-state index in [1.807, 2.05) is 0 Å². The molecule has 0 aliphatic carbocycles. The fourth-order valence-electron chi connectivity index (χ4n) is 2.66. The van der Waals surface area contributed by atoms with Crippen molar-refractivity contribution in [3.05, 3.63) is 48.4 Å². The first-order valence-electron chi connectivity index (χ1n) is 7.57. The Balaban J connectivity index is 1.57. The molecule has 0 bridgehead atoms. The highest BCUT2D eigenvalue weighted by Crippen LogP contribution is 2.40. The van der Waals surface area contributed by atoms with Crippen LogP contribution in [0.15, 0.2) is 51.6 Å². The molecule has 3 aromatic rings. The van der Waals surface area contributed by atoms with E-state index >= 15 is 0 Å². The zero-order valence-corrected chi connectivity index (χ0v) is 14.6. The number of anilines is 3. The van der Waals surface area contributed by atoms with E-state index in [2.05, 4.69) is 10.5 Å². The predicted octanol–water partition coefficient (Wildman–Crippen LogP) is 2.32. The molecule has 2 aromatic heterocycles. The van der Waals surface area contributed by atoms with Gasteiger partial charge >= 0.3 is 10.2 Å². The molecule has 134 valence electrons. The standard InChI is InChI=1S/C16H14N4O5S/c1-19-12-6-5-10(8-13(12)20(2)26(19,22)23)17-16(21)11-9-15(25-18-11)14-4-3-7-24-14/h3-9H,1-2H3,(H,17,21). The molecule has 4 rings (SSSR count). The van der Waals surface area contributed by atoms with Crippen LogP contribution in [0.5, 0.6) is 0 Å². The Hall–Kier alpha value is -3.27. The molecule has 0 radical (unpaired) electrons. The van der Waals surface area contributed by atoms with Gasteiger partial charge in [-0.3, -0.25) is 13.4 Å². The van der Waals surface area contributed by atoms with Crippen LogP contribution in [0, 0.1) is 0 Å². The van der Waals surface area contributed by atoms with E-state index in [0.29, 0.717) is 28.6 Å². The van der Waals surface area contributed by atoms with Crippen LogP contribution in [0.1, 0.15) is 10.5 Å². The van der Waals surface area contributed by atoms with E-state index in [9.17, 15) is 13.2 Å². The zero-order chi connectivity index (χ0) is 18.5. The van der Waals surface area contributed by atoms with Crippen LogP contribution in [-0.4, -0.2) is 33.6 Å². The molecular formula is C16H14N4O5S. The zero-order valence-electron chi connectivity index (χ0n) is 13.8. The first kappa shape index (κ1) is 16.2. The molecule has 26 heavy (non-hydrogen) atoms. The maximum Gasteiger partial charge on any atom is 0.326 e. The lowest BCUT2D eigenvalue weighted by atomic mass is 10.2. The number of amides is 1. The fraction of sp³-hybridized carbons (Fsp3) is 0.125. The van der Waals surface area contributed by atoms with Crippen molar-refractivity contribution in [2.45, 2.75) is 0 Å². The third-order valence-electron chi connectivity index (χ3n) is 4.11. The molecule has 0 saturated carbocycles. The number of furan rings is 1. The van der Waals surface area contributed by atoms with Crippen LogP contribution in [0.25, 0.3) is 11.5 Å². The molecule has 1 aliphatic rings. The quantitative estimate of drug-likeness (QED) is 0.753. The Morgan fingerprint density at radius 2 is 1.85 bits per heavy atom. The highest BCUT2D eigenvalue weighted by Gasteiger charge is 2.35. The molecule has 9 nitrogen and oxygen atoms in total. The van der Waals surface area contributed by atoms with E-state index in [1.165, 1.54) is 30.7 Å². The van der Waals surface area contributed by atoms with Crippen LogP contribution in [0.2, 0.25) is 0 Å². The lowest BCUT2D eigenvalue weighted by Crippen LogP contribution is -2.32. The normalized spacial score (nSPS) is 15.2. The number of nitrogens with one attached hydrogen (secondary N) is 1. The number of nitrogens with zero attached hydrogens (tertiary/aromatic N) is 3. The summed E-state index contributed by atoms with van der Waals surface area (Å²) in [5, 5.41) is 6.41. The van der Waals surface area contributed by atoms with E-state index in [1.54, 1.807) is 30.3 Å². The van der Waals surface area contributed by atoms with Gasteiger partial charge in [0.25, 0.3) is 5.91 Å². The van der Waals surface area contributed by atoms with Crippen molar-refractivity contribution in [3.8, 4) is 11.5 Å². The monoisotopic (exact) mass is 374 g/mol. The van der Waals surface area contributed by atoms with Gasteiger partial charge in [0.2, 0.25) is 5.76 Å². The third-order valence-corrected chi connectivity index (χ3v) is 5.89. The molecule has 1 amide bonds. The first-order valence-corrected chi connectivity index (χ1v) is 8.96. The number of hydrogen-bond acceptors (Lipinski definition) is 6. The third kappa shape index (κ3) is 2.42. The SMILES string of the molecule is CN1c2ccc(NC(=O)c3cc(-c4ccco4)on3)cc2N(C)S1(=O)=O. The maximum absolute atomic E-state index is 12.4. The van der Waals surface area contributed by atoms with E-state index < -0.39 is 16.1 Å². The molecule has 0 fully saturated rings. The van der Waals surface area contributed by atoms with Crippen molar-refractivity contribution >= 4 is 33.2 Å². The van der Waals surface area contributed by atoms with Crippen LogP contribution >= 0.6 is 0 Å². The van der Waals surface area contributed by atoms with Crippen molar-refractivity contribution in [1.29, 1.82) is 0 Å². The number of fused-ring (bicyclic) bond motifs is 1. The summed E-state index contributed by atoms with van der Waals surface area (Å²) >= 11 is 0. The minimum absolute atomic E-state index is 0.0787. The van der Waals surface area contributed by atoms with Crippen LogP contribution in [-0.2, 0) is 10.2 Å². The van der Waals surface area contributed by atoms with E-state index in [0.717, 1.165) is 4.31 Å². The summed E-state index contributed by atoms with van der Waals surface area (Å²) < 4.78 is 36.9. The second kappa shape index (κ2) is 5.63. The number of rotatable bonds is 3. The molecular weight excluding hydrogens is 360 g/mol. The molecule has 0 spiro atoms. The van der Waals surface area contributed by atoms with Gasteiger partial charge in [0, 0.05) is 25.8 Å². The van der Waals surface area contributed by atoms with Crippen LogP contribution in [0.4, 0.5) is 17.1 Å². The molecule has 1 aromatic carbocycles. The lowest BCUT2D eigenvalue weighted by molar-refractivity contribution is 0.101. The number of carbonyl (C=O) groups excluding carboxylic acids is 1. The highest BCUT2D eigenvalue weighted by molar-refractivity contribution is 7.94. The molecule has 0 atom stereocenters. The van der Waals surface area contributed by atoms with E-state index in [-0.39, 0.29) is 5.69 Å². The Kier molecular flexibility index (Phi) is 3.51. The van der Waals surface area contributed by atoms with Gasteiger partial charge in [-0.05, 0) is 30.3 Å². The van der Waals surface area contributed by atoms with Gasteiger partial charge in [-0.1, -0.05) is 5.16 Å². The summed E-state index contributed by atoms with van der Waals surface area (Å²) in [6.45, 7) is 0. The summed E-state index contributed by atoms with van der Waals surface area (Å²) in [5.74, 6) is 0.314.